The van der Waals surface area contributed by atoms with Crippen LogP contribution in [0.25, 0.3) is 0 Å². The maximum atomic E-state index is 12.4. The van der Waals surface area contributed by atoms with Crippen molar-refractivity contribution in [3.63, 3.8) is 0 Å². The number of thiophene rings is 1. The lowest BCUT2D eigenvalue weighted by molar-refractivity contribution is 0.0920. The first kappa shape index (κ1) is 20.0. The summed E-state index contributed by atoms with van der Waals surface area (Å²) in [6.07, 6.45) is -0.800. The van der Waals surface area contributed by atoms with Crippen molar-refractivity contribution in [1.29, 1.82) is 0 Å². The summed E-state index contributed by atoms with van der Waals surface area (Å²) in [5, 5.41) is 2.80. The zero-order valence-corrected chi connectivity index (χ0v) is 17.6. The number of halogens is 1. The van der Waals surface area contributed by atoms with Gasteiger partial charge in [0.1, 0.15) is 6.10 Å². The quantitative estimate of drug-likeness (QED) is 0.780. The van der Waals surface area contributed by atoms with Crippen molar-refractivity contribution in [2.24, 2.45) is 0 Å². The van der Waals surface area contributed by atoms with E-state index in [-0.39, 0.29) is 12.5 Å². The summed E-state index contributed by atoms with van der Waals surface area (Å²) >= 11 is 7.08. The second-order valence-electron chi connectivity index (χ2n) is 7.00. The van der Waals surface area contributed by atoms with Crippen LogP contribution >= 0.6 is 22.9 Å². The molecule has 0 saturated carbocycles. The Morgan fingerprint density at radius 3 is 2.76 bits per heavy atom. The maximum absolute atomic E-state index is 12.4. The third-order valence-electron chi connectivity index (χ3n) is 5.01. The predicted octanol–water partition coefficient (Wildman–Crippen LogP) is 3.30. The number of rotatable bonds is 5. The van der Waals surface area contributed by atoms with Gasteiger partial charge < -0.3 is 19.7 Å². The van der Waals surface area contributed by atoms with Crippen LogP contribution in [0.3, 0.4) is 0 Å². The maximum Gasteiger partial charge on any atom is 0.414 e. The molecule has 3 heterocycles. The first-order valence-corrected chi connectivity index (χ1v) is 10.7. The summed E-state index contributed by atoms with van der Waals surface area (Å²) in [6.45, 7) is 5.81. The largest absolute Gasteiger partial charge is 0.442 e. The van der Waals surface area contributed by atoms with Gasteiger partial charge in [0.15, 0.2) is 0 Å². The number of amides is 2. The summed E-state index contributed by atoms with van der Waals surface area (Å²) in [4.78, 5) is 29.0. The highest BCUT2D eigenvalue weighted by atomic mass is 35.5. The van der Waals surface area contributed by atoms with Crippen molar-refractivity contribution in [1.82, 2.24) is 5.32 Å². The Balaban J connectivity index is 1.38. The lowest BCUT2D eigenvalue weighted by Crippen LogP contribution is -2.36. The van der Waals surface area contributed by atoms with E-state index in [4.69, 9.17) is 21.1 Å². The summed E-state index contributed by atoms with van der Waals surface area (Å²) < 4.78 is 11.4. The minimum Gasteiger partial charge on any atom is -0.442 e. The molecule has 154 valence electrons. The number of benzene rings is 1. The predicted molar refractivity (Wildman–Crippen MR) is 113 cm³/mol. The molecule has 7 nitrogen and oxygen atoms in total. The van der Waals surface area contributed by atoms with Crippen LogP contribution in [-0.2, 0) is 9.47 Å². The average molecular weight is 436 g/mol. The van der Waals surface area contributed by atoms with Gasteiger partial charge in [-0.15, -0.1) is 11.3 Å². The van der Waals surface area contributed by atoms with Crippen LogP contribution in [0.5, 0.6) is 0 Å². The Bertz CT molecular complexity index is 913. The van der Waals surface area contributed by atoms with E-state index >= 15 is 0 Å². The van der Waals surface area contributed by atoms with Crippen LogP contribution in [0.4, 0.5) is 16.2 Å². The van der Waals surface area contributed by atoms with Gasteiger partial charge in [0.25, 0.3) is 5.91 Å². The SMILES string of the molecule is Cc1cc(N2CCOCC2)ccc1N1C[C@H](CNC(=O)c2ccc(Cl)s2)OC1=O. The Morgan fingerprint density at radius 1 is 1.28 bits per heavy atom. The number of ether oxygens (including phenoxy) is 2. The molecule has 4 rings (SSSR count). The molecule has 0 radical (unpaired) electrons. The molecule has 2 amide bonds. The number of aryl methyl sites for hydroxylation is 1. The summed E-state index contributed by atoms with van der Waals surface area (Å²) in [5.74, 6) is -0.220. The van der Waals surface area contributed by atoms with E-state index in [0.717, 1.165) is 43.2 Å². The zero-order chi connectivity index (χ0) is 20.4. The third-order valence-corrected chi connectivity index (χ3v) is 6.24. The molecule has 2 aliphatic heterocycles. The van der Waals surface area contributed by atoms with Crippen molar-refractivity contribution >= 4 is 46.3 Å². The second-order valence-corrected chi connectivity index (χ2v) is 8.72. The fraction of sp³-hybridized carbons (Fsp3) is 0.400. The Kier molecular flexibility index (Phi) is 5.94. The van der Waals surface area contributed by atoms with Gasteiger partial charge >= 0.3 is 6.09 Å². The number of carbonyl (C=O) groups excluding carboxylic acids is 2. The van der Waals surface area contributed by atoms with Crippen molar-refractivity contribution in [2.45, 2.75) is 13.0 Å². The normalized spacial score (nSPS) is 19.4. The van der Waals surface area contributed by atoms with Crippen LogP contribution < -0.4 is 15.1 Å². The van der Waals surface area contributed by atoms with Gasteiger partial charge in [-0.2, -0.15) is 0 Å². The molecule has 0 spiro atoms. The Labute approximate surface area is 178 Å². The molecule has 2 aromatic rings. The Hall–Kier alpha value is -2.29. The molecule has 2 saturated heterocycles. The molecule has 0 bridgehead atoms. The van der Waals surface area contributed by atoms with Crippen LogP contribution in [0, 0.1) is 6.92 Å². The highest BCUT2D eigenvalue weighted by molar-refractivity contribution is 7.17. The molecule has 29 heavy (non-hydrogen) atoms. The number of carbonyl (C=O) groups is 2. The molecular formula is C20H22ClN3O4S. The molecule has 0 unspecified atom stereocenters. The summed E-state index contributed by atoms with van der Waals surface area (Å²) in [6, 6.07) is 9.42. The van der Waals surface area contributed by atoms with Gasteiger partial charge in [-0.25, -0.2) is 4.79 Å². The number of morpholine rings is 1. The van der Waals surface area contributed by atoms with Crippen molar-refractivity contribution in [3.8, 4) is 0 Å². The number of hydrogen-bond acceptors (Lipinski definition) is 6. The molecule has 9 heteroatoms. The second kappa shape index (κ2) is 8.61. The van der Waals surface area contributed by atoms with Crippen molar-refractivity contribution in [3.05, 3.63) is 45.1 Å². The Morgan fingerprint density at radius 2 is 2.07 bits per heavy atom. The van der Waals surface area contributed by atoms with Gasteiger partial charge in [-0.3, -0.25) is 9.69 Å². The molecule has 2 fully saturated rings. The smallest absolute Gasteiger partial charge is 0.414 e. The number of hydrogen-bond donors (Lipinski definition) is 1. The van der Waals surface area contributed by atoms with Crippen LogP contribution in [0.2, 0.25) is 4.34 Å². The fourth-order valence-corrected chi connectivity index (χ4v) is 4.47. The molecule has 1 aromatic carbocycles. The number of cyclic esters (lactones) is 1. The van der Waals surface area contributed by atoms with Crippen molar-refractivity contribution in [2.75, 3.05) is 49.2 Å². The van der Waals surface area contributed by atoms with E-state index in [1.165, 1.54) is 11.3 Å². The molecular weight excluding hydrogens is 414 g/mol. The van der Waals surface area contributed by atoms with Crippen LogP contribution in [-0.4, -0.2) is 57.5 Å². The van der Waals surface area contributed by atoms with E-state index in [1.54, 1.807) is 17.0 Å². The lowest BCUT2D eigenvalue weighted by Gasteiger charge is -2.29. The van der Waals surface area contributed by atoms with E-state index in [2.05, 4.69) is 16.3 Å². The number of anilines is 2. The minimum atomic E-state index is -0.403. The van der Waals surface area contributed by atoms with E-state index in [1.807, 2.05) is 19.1 Å². The number of nitrogens with one attached hydrogen (secondary N) is 1. The third kappa shape index (κ3) is 4.49. The summed E-state index contributed by atoms with van der Waals surface area (Å²) in [5.41, 5.74) is 2.95. The molecule has 2 aliphatic rings. The van der Waals surface area contributed by atoms with E-state index in [0.29, 0.717) is 15.8 Å². The van der Waals surface area contributed by atoms with Gasteiger partial charge in [-0.1, -0.05) is 11.6 Å². The fourth-order valence-electron chi connectivity index (χ4n) is 3.52. The van der Waals surface area contributed by atoms with E-state index < -0.39 is 12.2 Å². The van der Waals surface area contributed by atoms with Gasteiger partial charge in [0.05, 0.1) is 41.2 Å². The van der Waals surface area contributed by atoms with E-state index in [9.17, 15) is 9.59 Å². The topological polar surface area (TPSA) is 71.1 Å². The monoisotopic (exact) mass is 435 g/mol. The highest BCUT2D eigenvalue weighted by Gasteiger charge is 2.33. The zero-order valence-electron chi connectivity index (χ0n) is 16.0. The van der Waals surface area contributed by atoms with Crippen molar-refractivity contribution < 1.29 is 19.1 Å². The van der Waals surface area contributed by atoms with Gasteiger partial charge in [-0.05, 0) is 42.8 Å². The first-order valence-electron chi connectivity index (χ1n) is 9.46. The summed E-state index contributed by atoms with van der Waals surface area (Å²) in [7, 11) is 0. The molecule has 1 atom stereocenters. The average Bonchev–Trinajstić information content (AvgIpc) is 3.32. The van der Waals surface area contributed by atoms with Gasteiger partial charge in [0, 0.05) is 18.8 Å². The number of nitrogens with zero attached hydrogens (tertiary/aromatic N) is 2. The lowest BCUT2D eigenvalue weighted by atomic mass is 10.1. The van der Waals surface area contributed by atoms with Crippen LogP contribution in [0.15, 0.2) is 30.3 Å². The van der Waals surface area contributed by atoms with Gasteiger partial charge in [0.2, 0.25) is 0 Å². The highest BCUT2D eigenvalue weighted by Crippen LogP contribution is 2.29. The van der Waals surface area contributed by atoms with Crippen LogP contribution in [0.1, 0.15) is 15.2 Å². The molecule has 1 aromatic heterocycles. The standard InChI is InChI=1S/C20H22ClN3O4S/c1-13-10-14(23-6-8-27-9-7-23)2-3-16(13)24-12-15(28-20(24)26)11-22-19(25)17-4-5-18(21)29-17/h2-5,10,15H,6-9,11-12H2,1H3,(H,22,25)/t15-/m0/s1. The first-order chi connectivity index (χ1) is 14.0. The molecule has 1 N–H and O–H groups in total. The molecule has 0 aliphatic carbocycles. The minimum absolute atomic E-state index is 0.220.